The molecule has 0 aliphatic heterocycles. The Bertz CT molecular complexity index is 732. The van der Waals surface area contributed by atoms with Crippen molar-refractivity contribution in [3.63, 3.8) is 0 Å². The quantitative estimate of drug-likeness (QED) is 0.748. The van der Waals surface area contributed by atoms with Crippen LogP contribution in [-0.4, -0.2) is 26.5 Å². The largest absolute Gasteiger partial charge is 0.479 e. The first-order chi connectivity index (χ1) is 9.72. The molecule has 0 fully saturated rings. The zero-order valence-electron chi connectivity index (χ0n) is 10.5. The van der Waals surface area contributed by atoms with E-state index >= 15 is 0 Å². The van der Waals surface area contributed by atoms with Crippen LogP contribution in [0.4, 0.5) is 5.13 Å². The molecule has 0 amide bonds. The molecule has 3 aromatic rings. The SMILES string of the molecule is Cc1ccc(-c2nc(/C=N/c3nncs3)c(O)o2)cc1. The first-order valence-electron chi connectivity index (χ1n) is 5.79. The Labute approximate surface area is 118 Å². The number of aromatic nitrogens is 3. The maximum absolute atomic E-state index is 9.72. The standard InChI is InChI=1S/C13H10N4O2S/c1-8-2-4-9(5-3-8)11-16-10(12(18)19-11)6-14-13-17-15-7-20-13/h2-7,18H,1H3/b14-6+. The number of nitrogens with zero attached hydrogens (tertiary/aromatic N) is 4. The van der Waals surface area contributed by atoms with E-state index in [1.807, 2.05) is 31.2 Å². The van der Waals surface area contributed by atoms with Crippen molar-refractivity contribution in [2.24, 2.45) is 4.99 Å². The van der Waals surface area contributed by atoms with E-state index < -0.39 is 0 Å². The molecular weight excluding hydrogens is 276 g/mol. The van der Waals surface area contributed by atoms with Crippen LogP contribution in [0.25, 0.3) is 11.5 Å². The van der Waals surface area contributed by atoms with Crippen molar-refractivity contribution in [2.45, 2.75) is 6.92 Å². The van der Waals surface area contributed by atoms with Gasteiger partial charge in [0.15, 0.2) is 5.69 Å². The third kappa shape index (κ3) is 2.57. The lowest BCUT2D eigenvalue weighted by atomic mass is 10.1. The Hall–Kier alpha value is -2.54. The van der Waals surface area contributed by atoms with Gasteiger partial charge in [0, 0.05) is 5.56 Å². The molecule has 6 nitrogen and oxygen atoms in total. The molecule has 1 aromatic carbocycles. The fourth-order valence-electron chi connectivity index (χ4n) is 1.57. The third-order valence-corrected chi connectivity index (χ3v) is 3.18. The van der Waals surface area contributed by atoms with Crippen LogP contribution in [0.5, 0.6) is 5.95 Å². The fraction of sp³-hybridized carbons (Fsp3) is 0.0769. The first kappa shape index (κ1) is 12.5. The predicted octanol–water partition coefficient (Wildman–Crippen LogP) is 2.96. The highest BCUT2D eigenvalue weighted by molar-refractivity contribution is 7.13. The molecule has 2 heterocycles. The molecule has 0 bridgehead atoms. The number of hydrogen-bond acceptors (Lipinski definition) is 7. The Balaban J connectivity index is 1.89. The molecule has 0 saturated heterocycles. The monoisotopic (exact) mass is 286 g/mol. The molecule has 0 atom stereocenters. The van der Waals surface area contributed by atoms with Crippen LogP contribution >= 0.6 is 11.3 Å². The summed E-state index contributed by atoms with van der Waals surface area (Å²) in [5.74, 6) is 0.0788. The van der Waals surface area contributed by atoms with Gasteiger partial charge in [-0.1, -0.05) is 29.0 Å². The summed E-state index contributed by atoms with van der Waals surface area (Å²) in [6.07, 6.45) is 1.40. The van der Waals surface area contributed by atoms with Gasteiger partial charge in [-0.2, -0.15) is 0 Å². The Morgan fingerprint density at radius 1 is 1.30 bits per heavy atom. The lowest BCUT2D eigenvalue weighted by molar-refractivity contribution is 0.337. The Morgan fingerprint density at radius 3 is 2.80 bits per heavy atom. The molecule has 0 unspecified atom stereocenters. The van der Waals surface area contributed by atoms with Crippen molar-refractivity contribution in [3.05, 3.63) is 41.0 Å². The minimum atomic E-state index is -0.270. The minimum absolute atomic E-state index is 0.260. The number of oxazole rings is 1. The predicted molar refractivity (Wildman–Crippen MR) is 75.5 cm³/mol. The smallest absolute Gasteiger partial charge is 0.312 e. The lowest BCUT2D eigenvalue weighted by Crippen LogP contribution is -1.83. The zero-order valence-corrected chi connectivity index (χ0v) is 11.3. The maximum Gasteiger partial charge on any atom is 0.312 e. The van der Waals surface area contributed by atoms with Gasteiger partial charge in [-0.3, -0.25) is 0 Å². The second-order valence-corrected chi connectivity index (χ2v) is 4.87. The number of aliphatic imine (C=N–C) groups is 1. The summed E-state index contributed by atoms with van der Waals surface area (Å²) in [5.41, 5.74) is 3.77. The molecule has 0 saturated carbocycles. The third-order valence-electron chi connectivity index (χ3n) is 2.58. The van der Waals surface area contributed by atoms with E-state index in [9.17, 15) is 5.11 Å². The molecule has 100 valence electrons. The van der Waals surface area contributed by atoms with E-state index in [0.717, 1.165) is 11.1 Å². The number of hydrogen-bond donors (Lipinski definition) is 1. The molecular formula is C13H10N4O2S. The minimum Gasteiger partial charge on any atom is -0.479 e. The van der Waals surface area contributed by atoms with Gasteiger partial charge in [-0.25, -0.2) is 9.98 Å². The average molecular weight is 286 g/mol. The molecule has 7 heteroatoms. The van der Waals surface area contributed by atoms with Crippen molar-refractivity contribution in [2.75, 3.05) is 0 Å². The lowest BCUT2D eigenvalue weighted by Gasteiger charge is -1.95. The summed E-state index contributed by atoms with van der Waals surface area (Å²) < 4.78 is 5.23. The van der Waals surface area contributed by atoms with Gasteiger partial charge in [0.25, 0.3) is 0 Å². The molecule has 3 rings (SSSR count). The van der Waals surface area contributed by atoms with Crippen LogP contribution in [0.2, 0.25) is 0 Å². The van der Waals surface area contributed by atoms with Gasteiger partial charge >= 0.3 is 5.95 Å². The van der Waals surface area contributed by atoms with Crippen molar-refractivity contribution >= 4 is 22.7 Å². The molecule has 0 aliphatic rings. The topological polar surface area (TPSA) is 84.4 Å². The Kier molecular flexibility index (Phi) is 3.26. The van der Waals surface area contributed by atoms with Crippen LogP contribution in [0, 0.1) is 6.92 Å². The second kappa shape index (κ2) is 5.22. The fourth-order valence-corrected chi connectivity index (χ4v) is 1.96. The highest BCUT2D eigenvalue weighted by atomic mass is 32.1. The van der Waals surface area contributed by atoms with E-state index in [0.29, 0.717) is 11.0 Å². The molecule has 0 spiro atoms. The second-order valence-electron chi connectivity index (χ2n) is 4.05. The Morgan fingerprint density at radius 2 is 2.10 bits per heavy atom. The van der Waals surface area contributed by atoms with E-state index in [2.05, 4.69) is 20.2 Å². The molecule has 0 aliphatic carbocycles. The van der Waals surface area contributed by atoms with Gasteiger partial charge in [0.1, 0.15) is 5.51 Å². The highest BCUT2D eigenvalue weighted by Gasteiger charge is 2.12. The summed E-state index contributed by atoms with van der Waals surface area (Å²) in [4.78, 5) is 8.26. The van der Waals surface area contributed by atoms with Crippen LogP contribution in [0.3, 0.4) is 0 Å². The van der Waals surface area contributed by atoms with E-state index in [4.69, 9.17) is 4.42 Å². The maximum atomic E-state index is 9.72. The molecule has 20 heavy (non-hydrogen) atoms. The highest BCUT2D eigenvalue weighted by Crippen LogP contribution is 2.26. The number of benzene rings is 1. The summed E-state index contributed by atoms with van der Waals surface area (Å²) in [6.45, 7) is 2.00. The van der Waals surface area contributed by atoms with Crippen molar-refractivity contribution in [1.29, 1.82) is 0 Å². The molecule has 0 radical (unpaired) electrons. The molecule has 1 N–H and O–H groups in total. The van der Waals surface area contributed by atoms with Crippen molar-refractivity contribution < 1.29 is 9.52 Å². The zero-order chi connectivity index (χ0) is 13.9. The number of aryl methyl sites for hydroxylation is 1. The van der Waals surface area contributed by atoms with Crippen LogP contribution in [-0.2, 0) is 0 Å². The summed E-state index contributed by atoms with van der Waals surface area (Å²) >= 11 is 1.29. The summed E-state index contributed by atoms with van der Waals surface area (Å²) in [5, 5.41) is 17.6. The van der Waals surface area contributed by atoms with Gasteiger partial charge in [-0.15, -0.1) is 10.2 Å². The van der Waals surface area contributed by atoms with Crippen LogP contribution < -0.4 is 0 Å². The molecule has 2 aromatic heterocycles. The van der Waals surface area contributed by atoms with Gasteiger partial charge in [0.2, 0.25) is 11.0 Å². The van der Waals surface area contributed by atoms with Crippen LogP contribution in [0.1, 0.15) is 11.3 Å². The summed E-state index contributed by atoms with van der Waals surface area (Å²) in [7, 11) is 0. The van der Waals surface area contributed by atoms with E-state index in [-0.39, 0.29) is 11.6 Å². The number of rotatable bonds is 3. The van der Waals surface area contributed by atoms with Gasteiger partial charge < -0.3 is 9.52 Å². The number of aromatic hydroxyl groups is 1. The van der Waals surface area contributed by atoms with Gasteiger partial charge in [0.05, 0.1) is 6.21 Å². The summed E-state index contributed by atoms with van der Waals surface area (Å²) in [6, 6.07) is 7.66. The van der Waals surface area contributed by atoms with Crippen molar-refractivity contribution in [1.82, 2.24) is 15.2 Å². The first-order valence-corrected chi connectivity index (χ1v) is 6.67. The van der Waals surface area contributed by atoms with E-state index in [1.165, 1.54) is 17.6 Å². The normalized spacial score (nSPS) is 11.2. The van der Waals surface area contributed by atoms with Crippen molar-refractivity contribution in [3.8, 4) is 17.4 Å². The average Bonchev–Trinajstić information content (AvgIpc) is 3.07. The van der Waals surface area contributed by atoms with Gasteiger partial charge in [-0.05, 0) is 19.1 Å². The van der Waals surface area contributed by atoms with Crippen LogP contribution in [0.15, 0.2) is 39.2 Å². The van der Waals surface area contributed by atoms with E-state index in [1.54, 1.807) is 5.51 Å².